The summed E-state index contributed by atoms with van der Waals surface area (Å²) in [4.78, 5) is 11.6. The van der Waals surface area contributed by atoms with Gasteiger partial charge in [0.15, 0.2) is 0 Å². The number of rotatable bonds is 5. The molecule has 1 heterocycles. The minimum Gasteiger partial charge on any atom is -0.441 e. The van der Waals surface area contributed by atoms with Crippen molar-refractivity contribution in [1.29, 1.82) is 0 Å². The molecule has 1 fully saturated rings. The highest BCUT2D eigenvalue weighted by molar-refractivity contribution is 7.92. The lowest BCUT2D eigenvalue weighted by Gasteiger charge is -2.17. The number of hydrogen-bond donors (Lipinski definition) is 1. The van der Waals surface area contributed by atoms with E-state index in [0.717, 1.165) is 17.0 Å². The second-order valence-electron chi connectivity index (χ2n) is 4.66. The highest BCUT2D eigenvalue weighted by atomic mass is 32.2. The van der Waals surface area contributed by atoms with Gasteiger partial charge < -0.3 is 9.84 Å². The normalized spacial score (nSPS) is 19.3. The third-order valence-electron chi connectivity index (χ3n) is 3.15. The molecular formula is C12H11F4NO5S. The summed E-state index contributed by atoms with van der Waals surface area (Å²) in [5.41, 5.74) is 0.116. The molecule has 0 aliphatic carbocycles. The smallest absolute Gasteiger partial charge is 0.414 e. The number of aliphatic hydroxyl groups excluding tert-OH is 1. The molecule has 1 saturated heterocycles. The fourth-order valence-electron chi connectivity index (χ4n) is 1.91. The molecule has 6 nitrogen and oxygen atoms in total. The number of carbonyl (C=O) groups is 1. The zero-order valence-corrected chi connectivity index (χ0v) is 12.1. The first-order valence-corrected chi connectivity index (χ1v) is 7.69. The number of amides is 1. The van der Waals surface area contributed by atoms with Gasteiger partial charge in [0.05, 0.1) is 18.0 Å². The van der Waals surface area contributed by atoms with Crippen LogP contribution in [-0.4, -0.2) is 50.6 Å². The summed E-state index contributed by atoms with van der Waals surface area (Å²) < 4.78 is 78.5. The minimum atomic E-state index is -5.57. The lowest BCUT2D eigenvalue weighted by atomic mass is 10.3. The molecule has 128 valence electrons. The van der Waals surface area contributed by atoms with E-state index in [-0.39, 0.29) is 12.2 Å². The molecule has 1 aliphatic rings. The van der Waals surface area contributed by atoms with Crippen molar-refractivity contribution in [2.45, 2.75) is 22.7 Å². The number of nitrogens with zero attached hydrogens (tertiary/aromatic N) is 1. The molecule has 1 atom stereocenters. The Morgan fingerprint density at radius 2 is 1.87 bits per heavy atom. The maximum atomic E-state index is 13.1. The summed E-state index contributed by atoms with van der Waals surface area (Å²) in [5, 5.41) is 3.68. The third kappa shape index (κ3) is 2.98. The molecule has 2 rings (SSSR count). The summed E-state index contributed by atoms with van der Waals surface area (Å²) in [7, 11) is -5.57. The molecule has 1 N–H and O–H groups in total. The average molecular weight is 357 g/mol. The summed E-state index contributed by atoms with van der Waals surface area (Å²) in [6.45, 7) is -0.441. The number of hydrogen-bond acceptors (Lipinski definition) is 5. The van der Waals surface area contributed by atoms with Crippen LogP contribution in [0, 0.1) is 0 Å². The van der Waals surface area contributed by atoms with Crippen LogP contribution in [0.2, 0.25) is 0 Å². The van der Waals surface area contributed by atoms with Crippen molar-refractivity contribution >= 4 is 21.6 Å². The van der Waals surface area contributed by atoms with Crippen molar-refractivity contribution in [3.63, 3.8) is 0 Å². The van der Waals surface area contributed by atoms with Gasteiger partial charge in [-0.3, -0.25) is 4.90 Å². The SMILES string of the molecule is O=C1OC(CO)CN1c1ccc(S(=O)(=O)C(F)(F)C(F)F)cc1. The number of alkyl halides is 4. The highest BCUT2D eigenvalue weighted by Gasteiger charge is 2.54. The van der Waals surface area contributed by atoms with Crippen molar-refractivity contribution in [3.05, 3.63) is 24.3 Å². The predicted molar refractivity (Wildman–Crippen MR) is 69.3 cm³/mol. The molecule has 0 aromatic heterocycles. The number of ether oxygens (including phenoxy) is 1. The van der Waals surface area contributed by atoms with E-state index in [1.165, 1.54) is 0 Å². The van der Waals surface area contributed by atoms with Crippen LogP contribution in [0.4, 0.5) is 28.0 Å². The molecule has 1 aliphatic heterocycles. The van der Waals surface area contributed by atoms with Crippen LogP contribution in [0.25, 0.3) is 0 Å². The summed E-state index contributed by atoms with van der Waals surface area (Å²) >= 11 is 0. The van der Waals surface area contributed by atoms with Crippen LogP contribution in [0.3, 0.4) is 0 Å². The standard InChI is InChI=1S/C12H11F4NO5S/c13-10(14)12(15,16)23(20,21)9-3-1-7(2-4-9)17-5-8(6-18)22-11(17)19/h1-4,8,10,18H,5-6H2. The Morgan fingerprint density at radius 1 is 1.30 bits per heavy atom. The molecule has 0 bridgehead atoms. The number of benzene rings is 1. The molecule has 11 heteroatoms. The van der Waals surface area contributed by atoms with E-state index in [4.69, 9.17) is 9.84 Å². The fraction of sp³-hybridized carbons (Fsp3) is 0.417. The number of cyclic esters (lactones) is 1. The van der Waals surface area contributed by atoms with Gasteiger partial charge in [-0.25, -0.2) is 22.0 Å². The van der Waals surface area contributed by atoms with Gasteiger partial charge in [0, 0.05) is 5.69 Å². The van der Waals surface area contributed by atoms with Crippen LogP contribution >= 0.6 is 0 Å². The lowest BCUT2D eigenvalue weighted by molar-refractivity contribution is -0.0636. The van der Waals surface area contributed by atoms with Crippen molar-refractivity contribution in [3.8, 4) is 0 Å². The Bertz CT molecular complexity index is 692. The molecule has 0 saturated carbocycles. The van der Waals surface area contributed by atoms with Crippen molar-refractivity contribution in [1.82, 2.24) is 0 Å². The fourth-order valence-corrected chi connectivity index (χ4v) is 2.95. The molecule has 1 aromatic carbocycles. The monoisotopic (exact) mass is 357 g/mol. The number of anilines is 1. The van der Waals surface area contributed by atoms with Crippen molar-refractivity contribution < 1.29 is 40.6 Å². The Balaban J connectivity index is 2.29. The van der Waals surface area contributed by atoms with E-state index in [1.54, 1.807) is 0 Å². The molecule has 1 amide bonds. The number of aliphatic hydroxyl groups is 1. The second kappa shape index (κ2) is 5.96. The van der Waals surface area contributed by atoms with E-state index in [0.29, 0.717) is 12.1 Å². The second-order valence-corrected chi connectivity index (χ2v) is 6.68. The average Bonchev–Trinajstić information content (AvgIpc) is 2.88. The van der Waals surface area contributed by atoms with Crippen LogP contribution in [0.5, 0.6) is 0 Å². The van der Waals surface area contributed by atoms with Gasteiger partial charge in [0.2, 0.25) is 9.84 Å². The summed E-state index contributed by atoms with van der Waals surface area (Å²) in [6.07, 6.45) is -5.95. The third-order valence-corrected chi connectivity index (χ3v) is 4.94. The lowest BCUT2D eigenvalue weighted by Crippen LogP contribution is -2.36. The topological polar surface area (TPSA) is 83.9 Å². The van der Waals surface area contributed by atoms with E-state index < -0.39 is 45.2 Å². The van der Waals surface area contributed by atoms with Crippen molar-refractivity contribution in [2.24, 2.45) is 0 Å². The molecule has 0 radical (unpaired) electrons. The molecular weight excluding hydrogens is 346 g/mol. The molecule has 23 heavy (non-hydrogen) atoms. The zero-order chi connectivity index (χ0) is 17.4. The number of halogens is 4. The Hall–Kier alpha value is -1.88. The van der Waals surface area contributed by atoms with Gasteiger partial charge in [-0.1, -0.05) is 0 Å². The maximum absolute atomic E-state index is 13.1. The first kappa shape index (κ1) is 17.5. The number of carbonyl (C=O) groups excluding carboxylic acids is 1. The van der Waals surface area contributed by atoms with E-state index in [1.807, 2.05) is 0 Å². The maximum Gasteiger partial charge on any atom is 0.414 e. The van der Waals surface area contributed by atoms with Crippen LogP contribution < -0.4 is 4.90 Å². The zero-order valence-electron chi connectivity index (χ0n) is 11.3. The van der Waals surface area contributed by atoms with Crippen LogP contribution in [0.15, 0.2) is 29.2 Å². The first-order chi connectivity index (χ1) is 10.6. The van der Waals surface area contributed by atoms with Crippen molar-refractivity contribution in [2.75, 3.05) is 18.1 Å². The first-order valence-electron chi connectivity index (χ1n) is 6.21. The van der Waals surface area contributed by atoms with Gasteiger partial charge in [0.1, 0.15) is 6.10 Å². The van der Waals surface area contributed by atoms with Gasteiger partial charge in [-0.15, -0.1) is 0 Å². The Labute approximate surface area is 128 Å². The Morgan fingerprint density at radius 3 is 2.30 bits per heavy atom. The molecule has 1 unspecified atom stereocenters. The Kier molecular flexibility index (Phi) is 4.53. The minimum absolute atomic E-state index is 0.0192. The summed E-state index contributed by atoms with van der Waals surface area (Å²) in [6, 6.07) is 3.41. The van der Waals surface area contributed by atoms with Crippen LogP contribution in [0.1, 0.15) is 0 Å². The largest absolute Gasteiger partial charge is 0.441 e. The van der Waals surface area contributed by atoms with Gasteiger partial charge >= 0.3 is 17.8 Å². The van der Waals surface area contributed by atoms with Gasteiger partial charge in [-0.2, -0.15) is 8.78 Å². The molecule has 0 spiro atoms. The predicted octanol–water partition coefficient (Wildman–Crippen LogP) is 1.64. The summed E-state index contributed by atoms with van der Waals surface area (Å²) in [5.74, 6) is 0. The molecule has 1 aromatic rings. The van der Waals surface area contributed by atoms with Gasteiger partial charge in [0.25, 0.3) is 0 Å². The number of sulfone groups is 1. The van der Waals surface area contributed by atoms with Crippen LogP contribution in [-0.2, 0) is 14.6 Å². The van der Waals surface area contributed by atoms with E-state index in [9.17, 15) is 30.8 Å². The highest BCUT2D eigenvalue weighted by Crippen LogP contribution is 2.35. The van der Waals surface area contributed by atoms with Gasteiger partial charge in [-0.05, 0) is 24.3 Å². The quantitative estimate of drug-likeness (QED) is 0.810. The van der Waals surface area contributed by atoms with E-state index in [2.05, 4.69) is 0 Å². The van der Waals surface area contributed by atoms with E-state index >= 15 is 0 Å².